The van der Waals surface area contributed by atoms with Crippen LogP contribution in [0.15, 0.2) is 364 Å². The molecule has 0 saturated heterocycles. The molecule has 554 valence electrons. The highest BCUT2D eigenvalue weighted by atomic mass is 16.5. The summed E-state index contributed by atoms with van der Waals surface area (Å²) >= 11 is 0. The van der Waals surface area contributed by atoms with Crippen LogP contribution < -0.4 is 52.1 Å². The summed E-state index contributed by atoms with van der Waals surface area (Å²) in [4.78, 5) is 5.34. The van der Waals surface area contributed by atoms with Crippen LogP contribution >= 0.6 is 0 Å². The molecule has 4 aliphatic carbocycles. The highest BCUT2D eigenvalue weighted by Crippen LogP contribution is 2.67. The summed E-state index contributed by atoms with van der Waals surface area (Å²) in [5, 5.41) is 0. The molecule has 4 aliphatic heterocycles. The van der Waals surface area contributed by atoms with Crippen molar-refractivity contribution in [1.82, 2.24) is 0 Å². The van der Waals surface area contributed by atoms with Crippen LogP contribution in [-0.2, 0) is 21.7 Å². The van der Waals surface area contributed by atoms with Crippen LogP contribution in [0.3, 0.4) is 0 Å². The molecule has 0 fully saturated rings. The average molecular weight is 1510 g/mol. The van der Waals surface area contributed by atoms with E-state index in [9.17, 15) is 0 Å². The Balaban J connectivity index is 0.808. The minimum absolute atomic E-state index is 0.178. The predicted octanol–water partition coefficient (Wildman–Crippen LogP) is 24.4. The maximum absolute atomic E-state index is 7.72. The summed E-state index contributed by atoms with van der Waals surface area (Å²) in [6.45, 7) is 13.5. The summed E-state index contributed by atoms with van der Waals surface area (Å²) in [6, 6.07) is 139. The molecule has 118 heavy (non-hydrogen) atoms. The van der Waals surface area contributed by atoms with Gasteiger partial charge in [0.25, 0.3) is 13.4 Å². The van der Waals surface area contributed by atoms with Crippen LogP contribution in [0.25, 0.3) is 89.0 Å². The van der Waals surface area contributed by atoms with Gasteiger partial charge in [-0.15, -0.1) is 0 Å². The minimum Gasteiger partial charge on any atom is -0.458 e. The summed E-state index contributed by atoms with van der Waals surface area (Å²) < 4.78 is 15.4. The van der Waals surface area contributed by atoms with E-state index in [2.05, 4.69) is 415 Å². The van der Waals surface area contributed by atoms with Gasteiger partial charge in [0.15, 0.2) is 0 Å². The third-order valence-corrected chi connectivity index (χ3v) is 27.5. The lowest BCUT2D eigenvalue weighted by Crippen LogP contribution is -2.63. The maximum Gasteiger partial charge on any atom is 0.256 e. The Morgan fingerprint density at radius 3 is 0.898 bits per heavy atom. The Morgan fingerprint density at radius 1 is 0.220 bits per heavy atom. The molecule has 0 N–H and O–H groups in total. The topological polar surface area (TPSA) is 24.9 Å². The van der Waals surface area contributed by atoms with E-state index >= 15 is 0 Å². The molecule has 17 aromatic carbocycles. The van der Waals surface area contributed by atoms with E-state index in [0.29, 0.717) is 0 Å². The van der Waals surface area contributed by atoms with Crippen molar-refractivity contribution in [3.8, 4) is 112 Å². The third-order valence-electron chi connectivity index (χ3n) is 27.5. The molecule has 8 aliphatic rings. The smallest absolute Gasteiger partial charge is 0.256 e. The highest BCUT2D eigenvalue weighted by Gasteiger charge is 2.56. The molecule has 0 atom stereocenters. The van der Waals surface area contributed by atoms with Gasteiger partial charge in [-0.1, -0.05) is 339 Å². The van der Waals surface area contributed by atoms with Gasteiger partial charge < -0.3 is 19.3 Å². The van der Waals surface area contributed by atoms with Crippen LogP contribution in [-0.4, -0.2) is 13.4 Å². The number of benzene rings is 17. The molecule has 2 spiro atoms. The van der Waals surface area contributed by atoms with Gasteiger partial charge in [0.1, 0.15) is 23.0 Å². The molecule has 25 rings (SSSR count). The normalized spacial score (nSPS) is 14.6. The molecule has 4 heterocycles. The van der Waals surface area contributed by atoms with Crippen LogP contribution in [0.4, 0.5) is 34.1 Å². The van der Waals surface area contributed by atoms with Gasteiger partial charge in [-0.25, -0.2) is 0 Å². The second-order valence-electron chi connectivity index (χ2n) is 35.5. The van der Waals surface area contributed by atoms with E-state index in [4.69, 9.17) is 9.47 Å². The van der Waals surface area contributed by atoms with Gasteiger partial charge in [0, 0.05) is 33.9 Å². The van der Waals surface area contributed by atoms with Gasteiger partial charge in [-0.2, -0.15) is 0 Å². The summed E-state index contributed by atoms with van der Waals surface area (Å²) in [7, 11) is 0. The zero-order chi connectivity index (χ0) is 78.4. The molecule has 17 aromatic rings. The van der Waals surface area contributed by atoms with E-state index < -0.39 is 10.8 Å². The van der Waals surface area contributed by atoms with Gasteiger partial charge in [-0.3, -0.25) is 0 Å². The van der Waals surface area contributed by atoms with Gasteiger partial charge in [0.05, 0.1) is 22.2 Å². The van der Waals surface area contributed by atoms with Crippen LogP contribution in [0.1, 0.15) is 97.2 Å². The number of nitrogens with zero attached hydrogens (tertiary/aromatic N) is 2. The number of anilines is 6. The zero-order valence-electron chi connectivity index (χ0n) is 66.5. The Bertz CT molecular complexity index is 6710. The minimum atomic E-state index is -0.625. The number of ether oxygens (including phenoxy) is 2. The van der Waals surface area contributed by atoms with Crippen molar-refractivity contribution < 1.29 is 9.47 Å². The Morgan fingerprint density at radius 2 is 0.534 bits per heavy atom. The molecule has 0 unspecified atom stereocenters. The first-order valence-corrected chi connectivity index (χ1v) is 41.8. The van der Waals surface area contributed by atoms with Crippen molar-refractivity contribution in [1.29, 1.82) is 0 Å². The lowest BCUT2D eigenvalue weighted by atomic mass is 9.30. The molecular weight excluding hydrogens is 1430 g/mol. The molecule has 6 heteroatoms. The zero-order valence-corrected chi connectivity index (χ0v) is 66.5. The molecule has 0 bridgehead atoms. The number of hydrogen-bond donors (Lipinski definition) is 0. The van der Waals surface area contributed by atoms with Crippen LogP contribution in [0.5, 0.6) is 23.0 Å². The first-order chi connectivity index (χ1) is 57.8. The van der Waals surface area contributed by atoms with Crippen molar-refractivity contribution in [3.05, 3.63) is 420 Å². The van der Waals surface area contributed by atoms with Crippen molar-refractivity contribution >= 4 is 80.3 Å². The monoisotopic (exact) mass is 1500 g/mol. The van der Waals surface area contributed by atoms with E-state index in [1.807, 2.05) is 0 Å². The molecule has 0 saturated carbocycles. The summed E-state index contributed by atoms with van der Waals surface area (Å²) in [5.74, 6) is 3.40. The van der Waals surface area contributed by atoms with E-state index in [-0.39, 0.29) is 24.3 Å². The summed E-state index contributed by atoms with van der Waals surface area (Å²) in [6.07, 6.45) is 0. The van der Waals surface area contributed by atoms with Crippen molar-refractivity contribution in [3.63, 3.8) is 0 Å². The first-order valence-electron chi connectivity index (χ1n) is 41.8. The van der Waals surface area contributed by atoms with Crippen molar-refractivity contribution in [2.24, 2.45) is 0 Å². The average Bonchev–Trinajstić information content (AvgIpc) is 1.46. The summed E-state index contributed by atoms with van der Waals surface area (Å²) in [5.41, 5.74) is 43.9. The number of fused-ring (bicyclic) bond motifs is 28. The predicted molar refractivity (Wildman–Crippen MR) is 490 cm³/mol. The third kappa shape index (κ3) is 9.02. The molecule has 4 nitrogen and oxygen atoms in total. The molecular formula is C112H78B2N2O2. The second kappa shape index (κ2) is 24.3. The molecule has 0 amide bonds. The number of rotatable bonds is 6. The second-order valence-corrected chi connectivity index (χ2v) is 35.5. The Kier molecular flexibility index (Phi) is 13.9. The Hall–Kier alpha value is -13.9. The fraction of sp³-hybridized carbons (Fsp3) is 0.0893. The van der Waals surface area contributed by atoms with E-state index in [1.165, 1.54) is 122 Å². The number of para-hydroxylation sites is 2. The quantitative estimate of drug-likeness (QED) is 0.155. The maximum atomic E-state index is 7.72. The van der Waals surface area contributed by atoms with Gasteiger partial charge in [0.2, 0.25) is 0 Å². The largest absolute Gasteiger partial charge is 0.458 e. The van der Waals surface area contributed by atoms with Crippen molar-refractivity contribution in [2.75, 3.05) is 9.80 Å². The molecule has 0 aromatic heterocycles. The first kappa shape index (κ1) is 67.4. The number of hydrogen-bond acceptors (Lipinski definition) is 4. The highest BCUT2D eigenvalue weighted by molar-refractivity contribution is 7.02. The standard InChI is InChI=1S/C112H78B2N2O2/c1-109(2,3)71-55-57-95(83(63-71)67-31-9-7-10-32-67)115-97-66-98-94(65-93(97)113-91-51-25-27-53-101(91)117-103-61-69(59-99(115)107(103)113)73-41-29-43-81-79-39-17-23-49-89(79)111(105(73)81)85-45-19-13-35-75(85)76-36-14-20-46-86(76)111)114-92-52-26-28-54-102(92)118-104-62-70(60-100(108(104)114)116(98)96-58-56-72(110(4,5)6)64-84(96)68-33-11-8-12-34-68)74-42-30-44-82-80-40-18-24-50-90(80)112(106(74)82)87-47-21-15-37-77(87)78-38-16-22-48-88(78)112/h7-66H,1-6H3. The van der Waals surface area contributed by atoms with E-state index in [1.54, 1.807) is 0 Å². The van der Waals surface area contributed by atoms with Crippen LogP contribution in [0, 0.1) is 0 Å². The van der Waals surface area contributed by atoms with Gasteiger partial charge >= 0.3 is 0 Å². The molecule has 0 radical (unpaired) electrons. The fourth-order valence-electron chi connectivity index (χ4n) is 22.6. The SMILES string of the molecule is CC(C)(C)c1ccc(N2c3cc4c(cc3B3c5ccccc5Oc5cc(-c6cccc7c6C6(c8ccccc8-c8ccccc86)c6ccccc6-7)cc2c53)B2c3ccccc3Oc3cc(-c5cccc6c5C5(c7ccccc7-c7ccccc75)c5ccccc5-6)cc(c32)N4c2ccc(C(C)(C)C)cc2-c2ccccc2)c(-c2ccccc2)c1. The van der Waals surface area contributed by atoms with Crippen molar-refractivity contribution in [2.45, 2.75) is 63.2 Å². The van der Waals surface area contributed by atoms with Gasteiger partial charge in [-0.05, 0) is 244 Å². The lowest BCUT2D eigenvalue weighted by Gasteiger charge is -2.45. The Labute approximate surface area is 689 Å². The lowest BCUT2D eigenvalue weighted by molar-refractivity contribution is 0.487. The fourth-order valence-corrected chi connectivity index (χ4v) is 22.6. The van der Waals surface area contributed by atoms with E-state index in [0.717, 1.165) is 112 Å². The van der Waals surface area contributed by atoms with Crippen LogP contribution in [0.2, 0.25) is 0 Å².